The van der Waals surface area contributed by atoms with Gasteiger partial charge in [0.2, 0.25) is 5.91 Å². The first-order valence-electron chi connectivity index (χ1n) is 6.43. The number of halogens is 3. The van der Waals surface area contributed by atoms with Crippen molar-refractivity contribution in [3.05, 3.63) is 0 Å². The van der Waals surface area contributed by atoms with Crippen LogP contribution in [-0.4, -0.2) is 36.4 Å². The predicted octanol–water partition coefficient (Wildman–Crippen LogP) is 1.72. The Kier molecular flexibility index (Phi) is 6.98. The standard InChI is InChI=1S/C12H21F3N2O3/c1-5-7-9(18)17-11(12(13,14)15,16-8(3)4)10(19)20-6-2/h8,16H,5-7H2,1-4H3,(H,17,18)/t11-/m1/s1. The Labute approximate surface area is 116 Å². The van der Waals surface area contributed by atoms with Crippen molar-refractivity contribution in [1.82, 2.24) is 10.6 Å². The van der Waals surface area contributed by atoms with Crippen molar-refractivity contribution in [3.8, 4) is 0 Å². The second-order valence-corrected chi connectivity index (χ2v) is 4.57. The number of rotatable bonds is 7. The van der Waals surface area contributed by atoms with Gasteiger partial charge in [-0.1, -0.05) is 6.92 Å². The van der Waals surface area contributed by atoms with E-state index in [0.717, 1.165) is 0 Å². The molecule has 0 rings (SSSR count). The largest absolute Gasteiger partial charge is 0.463 e. The molecule has 0 unspecified atom stereocenters. The van der Waals surface area contributed by atoms with Gasteiger partial charge in [-0.2, -0.15) is 13.2 Å². The van der Waals surface area contributed by atoms with Crippen molar-refractivity contribution < 1.29 is 27.5 Å². The number of nitrogens with one attached hydrogen (secondary N) is 2. The molecule has 0 bridgehead atoms. The Bertz CT molecular complexity index is 345. The normalized spacial score (nSPS) is 14.8. The number of ether oxygens (including phenoxy) is 1. The number of carbonyl (C=O) groups is 2. The lowest BCUT2D eigenvalue weighted by Gasteiger charge is -2.36. The van der Waals surface area contributed by atoms with Crippen LogP contribution in [0.5, 0.6) is 0 Å². The Hall–Kier alpha value is -1.31. The highest BCUT2D eigenvalue weighted by atomic mass is 19.4. The van der Waals surface area contributed by atoms with Crippen molar-refractivity contribution in [2.24, 2.45) is 0 Å². The van der Waals surface area contributed by atoms with Gasteiger partial charge in [-0.25, -0.2) is 4.79 Å². The summed E-state index contributed by atoms with van der Waals surface area (Å²) in [6, 6.07) is -0.692. The van der Waals surface area contributed by atoms with Crippen molar-refractivity contribution in [3.63, 3.8) is 0 Å². The minimum atomic E-state index is -5.02. The molecule has 118 valence electrons. The van der Waals surface area contributed by atoms with Crippen LogP contribution in [0, 0.1) is 0 Å². The fourth-order valence-electron chi connectivity index (χ4n) is 1.59. The molecule has 5 nitrogen and oxygen atoms in total. The fourth-order valence-corrected chi connectivity index (χ4v) is 1.59. The van der Waals surface area contributed by atoms with Gasteiger partial charge in [0.25, 0.3) is 5.66 Å². The molecule has 0 heterocycles. The first kappa shape index (κ1) is 18.7. The number of alkyl halides is 3. The Morgan fingerprint density at radius 2 is 1.75 bits per heavy atom. The number of esters is 1. The molecular weight excluding hydrogens is 277 g/mol. The molecule has 2 N–H and O–H groups in total. The summed E-state index contributed by atoms with van der Waals surface area (Å²) in [6.07, 6.45) is -4.77. The second-order valence-electron chi connectivity index (χ2n) is 4.57. The van der Waals surface area contributed by atoms with Crippen LogP contribution in [0.2, 0.25) is 0 Å². The van der Waals surface area contributed by atoms with Gasteiger partial charge in [0.15, 0.2) is 0 Å². The lowest BCUT2D eigenvalue weighted by Crippen LogP contribution is -2.73. The van der Waals surface area contributed by atoms with Crippen LogP contribution in [0.1, 0.15) is 40.5 Å². The maximum Gasteiger partial charge on any atom is 0.436 e. The summed E-state index contributed by atoms with van der Waals surface area (Å²) in [5.41, 5.74) is -3.22. The monoisotopic (exact) mass is 298 g/mol. The lowest BCUT2D eigenvalue weighted by molar-refractivity contribution is -0.223. The maximum atomic E-state index is 13.3. The molecule has 0 aliphatic heterocycles. The minimum Gasteiger partial charge on any atom is -0.463 e. The summed E-state index contributed by atoms with van der Waals surface area (Å²) in [4.78, 5) is 23.3. The smallest absolute Gasteiger partial charge is 0.436 e. The summed E-state index contributed by atoms with van der Waals surface area (Å²) in [5, 5.41) is 3.81. The van der Waals surface area contributed by atoms with Gasteiger partial charge in [-0.3, -0.25) is 10.1 Å². The van der Waals surface area contributed by atoms with Gasteiger partial charge in [0.05, 0.1) is 6.61 Å². The third-order valence-corrected chi connectivity index (χ3v) is 2.32. The van der Waals surface area contributed by atoms with E-state index < -0.39 is 29.8 Å². The summed E-state index contributed by atoms with van der Waals surface area (Å²) in [7, 11) is 0. The topological polar surface area (TPSA) is 67.4 Å². The highest BCUT2D eigenvalue weighted by Crippen LogP contribution is 2.30. The summed E-state index contributed by atoms with van der Waals surface area (Å²) >= 11 is 0. The van der Waals surface area contributed by atoms with Crippen molar-refractivity contribution >= 4 is 11.9 Å². The number of amides is 1. The average Bonchev–Trinajstić information content (AvgIpc) is 2.26. The van der Waals surface area contributed by atoms with Gasteiger partial charge in [0.1, 0.15) is 0 Å². The van der Waals surface area contributed by atoms with E-state index in [1.54, 1.807) is 12.2 Å². The summed E-state index contributed by atoms with van der Waals surface area (Å²) < 4.78 is 44.5. The van der Waals surface area contributed by atoms with Crippen LogP contribution in [-0.2, 0) is 14.3 Å². The molecule has 0 saturated carbocycles. The summed E-state index contributed by atoms with van der Waals surface area (Å²) in [6.45, 7) is 5.69. The van der Waals surface area contributed by atoms with Crippen LogP contribution in [0.25, 0.3) is 0 Å². The fraction of sp³-hybridized carbons (Fsp3) is 0.833. The molecule has 0 aliphatic rings. The summed E-state index contributed by atoms with van der Waals surface area (Å²) in [5.74, 6) is -2.43. The molecule has 0 aromatic heterocycles. The molecular formula is C12H21F3N2O3. The van der Waals surface area contributed by atoms with E-state index in [1.807, 2.05) is 0 Å². The Morgan fingerprint density at radius 1 is 1.20 bits per heavy atom. The van der Waals surface area contributed by atoms with E-state index >= 15 is 0 Å². The van der Waals surface area contributed by atoms with Gasteiger partial charge < -0.3 is 10.1 Å². The second kappa shape index (κ2) is 7.47. The molecule has 0 radical (unpaired) electrons. The zero-order valence-electron chi connectivity index (χ0n) is 12.1. The van der Waals surface area contributed by atoms with Crippen LogP contribution in [0.3, 0.4) is 0 Å². The molecule has 8 heteroatoms. The van der Waals surface area contributed by atoms with E-state index in [4.69, 9.17) is 0 Å². The molecule has 0 aliphatic carbocycles. The number of hydrogen-bond acceptors (Lipinski definition) is 4. The van der Waals surface area contributed by atoms with E-state index in [-0.39, 0.29) is 13.0 Å². The quantitative estimate of drug-likeness (QED) is 0.555. The van der Waals surface area contributed by atoms with Crippen LogP contribution >= 0.6 is 0 Å². The SMILES string of the molecule is CCCC(=O)N[C@](NC(C)C)(C(=O)OCC)C(F)(F)F. The van der Waals surface area contributed by atoms with Crippen molar-refractivity contribution in [1.29, 1.82) is 0 Å². The van der Waals surface area contributed by atoms with Gasteiger partial charge in [0, 0.05) is 12.5 Å². The molecule has 0 saturated heterocycles. The first-order chi connectivity index (χ1) is 9.10. The molecule has 0 fully saturated rings. The van der Waals surface area contributed by atoms with Crippen LogP contribution in [0.4, 0.5) is 13.2 Å². The predicted molar refractivity (Wildman–Crippen MR) is 66.7 cm³/mol. The lowest BCUT2D eigenvalue weighted by atomic mass is 10.1. The first-order valence-corrected chi connectivity index (χ1v) is 6.43. The number of hydrogen-bond donors (Lipinski definition) is 2. The molecule has 0 spiro atoms. The Balaban J connectivity index is 5.54. The van der Waals surface area contributed by atoms with Crippen molar-refractivity contribution in [2.45, 2.75) is 58.4 Å². The van der Waals surface area contributed by atoms with E-state index in [2.05, 4.69) is 10.1 Å². The third kappa shape index (κ3) is 4.66. The number of carbonyl (C=O) groups excluding carboxylic acids is 2. The average molecular weight is 298 g/mol. The molecule has 20 heavy (non-hydrogen) atoms. The van der Waals surface area contributed by atoms with E-state index in [9.17, 15) is 22.8 Å². The molecule has 0 aromatic carbocycles. The molecule has 1 atom stereocenters. The molecule has 0 aromatic rings. The van der Waals surface area contributed by atoms with Crippen LogP contribution in [0.15, 0.2) is 0 Å². The highest BCUT2D eigenvalue weighted by molar-refractivity contribution is 5.88. The van der Waals surface area contributed by atoms with Crippen LogP contribution < -0.4 is 10.6 Å². The van der Waals surface area contributed by atoms with Gasteiger partial charge in [-0.05, 0) is 27.2 Å². The maximum absolute atomic E-state index is 13.3. The molecule has 1 amide bonds. The van der Waals surface area contributed by atoms with E-state index in [1.165, 1.54) is 20.8 Å². The zero-order chi connectivity index (χ0) is 16.0. The van der Waals surface area contributed by atoms with E-state index in [0.29, 0.717) is 6.42 Å². The zero-order valence-corrected chi connectivity index (χ0v) is 12.1. The van der Waals surface area contributed by atoms with Gasteiger partial charge >= 0.3 is 12.1 Å². The highest BCUT2D eigenvalue weighted by Gasteiger charge is 2.63. The Morgan fingerprint density at radius 3 is 2.10 bits per heavy atom. The van der Waals surface area contributed by atoms with Crippen molar-refractivity contribution in [2.75, 3.05) is 6.61 Å². The third-order valence-electron chi connectivity index (χ3n) is 2.32. The van der Waals surface area contributed by atoms with Gasteiger partial charge in [-0.15, -0.1) is 0 Å². The minimum absolute atomic E-state index is 0.114.